The van der Waals surface area contributed by atoms with E-state index in [-0.39, 0.29) is 11.8 Å². The van der Waals surface area contributed by atoms with Crippen molar-refractivity contribution in [2.24, 2.45) is 11.8 Å². The fraction of sp³-hybridized carbons (Fsp3) is 0.667. The molecule has 1 unspecified atom stereocenters. The number of fused-ring (bicyclic) bond motifs is 1. The topological polar surface area (TPSA) is 59.0 Å². The molecule has 17 heavy (non-hydrogen) atoms. The fourth-order valence-corrected chi connectivity index (χ4v) is 2.21. The molecule has 92 valence electrons. The molecule has 1 aliphatic heterocycles. The highest BCUT2D eigenvalue weighted by Crippen LogP contribution is 2.27. The van der Waals surface area contributed by atoms with Gasteiger partial charge in [0.1, 0.15) is 0 Å². The Morgan fingerprint density at radius 3 is 3.29 bits per heavy atom. The Morgan fingerprint density at radius 1 is 1.59 bits per heavy atom. The van der Waals surface area contributed by atoms with Crippen LogP contribution in [0.2, 0.25) is 0 Å². The van der Waals surface area contributed by atoms with Crippen molar-refractivity contribution in [1.29, 1.82) is 0 Å². The molecule has 1 fully saturated rings. The molecule has 5 nitrogen and oxygen atoms in total. The van der Waals surface area contributed by atoms with Crippen molar-refractivity contribution in [2.45, 2.75) is 25.9 Å². The maximum Gasteiger partial charge on any atom is 0.226 e. The summed E-state index contributed by atoms with van der Waals surface area (Å²) < 4.78 is 1.93. The number of carbonyl (C=O) groups excluding carboxylic acids is 1. The predicted octanol–water partition coefficient (Wildman–Crippen LogP) is 0.129. The van der Waals surface area contributed by atoms with Crippen LogP contribution < -0.4 is 10.6 Å². The Bertz CT molecular complexity index is 410. The molecule has 1 amide bonds. The Labute approximate surface area is 101 Å². The van der Waals surface area contributed by atoms with Gasteiger partial charge in [-0.25, -0.2) is 0 Å². The molecular weight excluding hydrogens is 216 g/mol. The average Bonchev–Trinajstić information content (AvgIpc) is 3.10. The van der Waals surface area contributed by atoms with Crippen molar-refractivity contribution >= 4 is 5.91 Å². The summed E-state index contributed by atoms with van der Waals surface area (Å²) in [5, 5.41) is 10.6. The van der Waals surface area contributed by atoms with Gasteiger partial charge in [-0.05, 0) is 24.8 Å². The normalized spacial score (nSPS) is 23.9. The van der Waals surface area contributed by atoms with Crippen LogP contribution in [0.4, 0.5) is 0 Å². The predicted molar refractivity (Wildman–Crippen MR) is 63.2 cm³/mol. The second-order valence-electron chi connectivity index (χ2n) is 5.02. The lowest BCUT2D eigenvalue weighted by molar-refractivity contribution is -0.125. The van der Waals surface area contributed by atoms with Crippen molar-refractivity contribution in [3.05, 3.63) is 18.0 Å². The zero-order valence-corrected chi connectivity index (χ0v) is 9.85. The number of carbonyl (C=O) groups is 1. The first-order valence-electron chi connectivity index (χ1n) is 6.32. The highest BCUT2D eigenvalue weighted by Gasteiger charge is 2.26. The van der Waals surface area contributed by atoms with Crippen LogP contribution in [-0.2, 0) is 17.9 Å². The molecule has 2 N–H and O–H groups in total. The summed E-state index contributed by atoms with van der Waals surface area (Å²) in [6.07, 6.45) is 4.33. The SMILES string of the molecule is O=C(NCC1CC1)C1CNCc2ccnn2C1. The second-order valence-corrected chi connectivity index (χ2v) is 5.02. The molecule has 1 aliphatic carbocycles. The largest absolute Gasteiger partial charge is 0.355 e. The van der Waals surface area contributed by atoms with Crippen molar-refractivity contribution < 1.29 is 4.79 Å². The van der Waals surface area contributed by atoms with E-state index >= 15 is 0 Å². The first-order chi connectivity index (χ1) is 8.33. The number of aromatic nitrogens is 2. The molecule has 1 aromatic heterocycles. The van der Waals surface area contributed by atoms with E-state index < -0.39 is 0 Å². The maximum absolute atomic E-state index is 12.0. The first kappa shape index (κ1) is 10.8. The fourth-order valence-electron chi connectivity index (χ4n) is 2.21. The van der Waals surface area contributed by atoms with Crippen LogP contribution in [0.15, 0.2) is 12.3 Å². The average molecular weight is 234 g/mol. The molecule has 3 rings (SSSR count). The minimum absolute atomic E-state index is 0.00472. The van der Waals surface area contributed by atoms with E-state index in [1.165, 1.54) is 12.8 Å². The third kappa shape index (κ3) is 2.49. The van der Waals surface area contributed by atoms with Gasteiger partial charge >= 0.3 is 0 Å². The number of hydrogen-bond donors (Lipinski definition) is 2. The van der Waals surface area contributed by atoms with E-state index in [9.17, 15) is 4.79 Å². The van der Waals surface area contributed by atoms with E-state index in [0.29, 0.717) is 6.54 Å². The second kappa shape index (κ2) is 4.49. The lowest BCUT2D eigenvalue weighted by Gasteiger charge is -2.14. The standard InChI is InChI=1S/C12H18N4O/c17-12(14-5-9-1-2-9)10-6-13-7-11-3-4-15-16(11)8-10/h3-4,9-10,13H,1-2,5-8H2,(H,14,17). The van der Waals surface area contributed by atoms with E-state index in [1.54, 1.807) is 6.20 Å². The van der Waals surface area contributed by atoms with Crippen LogP contribution >= 0.6 is 0 Å². The summed E-state index contributed by atoms with van der Waals surface area (Å²) in [5.41, 5.74) is 1.16. The smallest absolute Gasteiger partial charge is 0.226 e. The molecule has 1 saturated carbocycles. The number of rotatable bonds is 3. The van der Waals surface area contributed by atoms with Crippen LogP contribution in [0.25, 0.3) is 0 Å². The molecule has 0 saturated heterocycles. The van der Waals surface area contributed by atoms with Gasteiger partial charge in [0.05, 0.1) is 18.2 Å². The molecule has 2 heterocycles. The van der Waals surface area contributed by atoms with Gasteiger partial charge in [0, 0.05) is 25.8 Å². The van der Waals surface area contributed by atoms with Crippen LogP contribution in [0, 0.1) is 11.8 Å². The number of nitrogens with zero attached hydrogens (tertiary/aromatic N) is 2. The van der Waals surface area contributed by atoms with Gasteiger partial charge in [0.2, 0.25) is 5.91 Å². The van der Waals surface area contributed by atoms with Gasteiger partial charge in [0.25, 0.3) is 0 Å². The van der Waals surface area contributed by atoms with E-state index in [1.807, 2.05) is 10.7 Å². The van der Waals surface area contributed by atoms with Gasteiger partial charge in [0.15, 0.2) is 0 Å². The minimum Gasteiger partial charge on any atom is -0.355 e. The van der Waals surface area contributed by atoms with Crippen LogP contribution in [0.3, 0.4) is 0 Å². The molecule has 5 heteroatoms. The van der Waals surface area contributed by atoms with Gasteiger partial charge in [-0.3, -0.25) is 9.48 Å². The number of nitrogens with one attached hydrogen (secondary N) is 2. The lowest BCUT2D eigenvalue weighted by atomic mass is 10.1. The Morgan fingerprint density at radius 2 is 2.47 bits per heavy atom. The quantitative estimate of drug-likeness (QED) is 0.781. The highest BCUT2D eigenvalue weighted by molar-refractivity contribution is 5.78. The summed E-state index contributed by atoms with van der Waals surface area (Å²) in [4.78, 5) is 12.0. The zero-order chi connectivity index (χ0) is 11.7. The molecular formula is C12H18N4O. The van der Waals surface area contributed by atoms with Gasteiger partial charge < -0.3 is 10.6 Å². The summed E-state index contributed by atoms with van der Waals surface area (Å²) in [6, 6.07) is 2.00. The maximum atomic E-state index is 12.0. The van der Waals surface area contributed by atoms with E-state index in [2.05, 4.69) is 15.7 Å². The monoisotopic (exact) mass is 234 g/mol. The van der Waals surface area contributed by atoms with Gasteiger partial charge in [-0.2, -0.15) is 5.10 Å². The van der Waals surface area contributed by atoms with Crippen molar-refractivity contribution in [1.82, 2.24) is 20.4 Å². The third-order valence-corrected chi connectivity index (χ3v) is 3.53. The molecule has 0 radical (unpaired) electrons. The minimum atomic E-state index is -0.00472. The van der Waals surface area contributed by atoms with Crippen molar-refractivity contribution in [3.63, 3.8) is 0 Å². The third-order valence-electron chi connectivity index (χ3n) is 3.53. The molecule has 1 atom stereocenters. The Hall–Kier alpha value is -1.36. The summed E-state index contributed by atoms with van der Waals surface area (Å²) >= 11 is 0. The summed E-state index contributed by atoms with van der Waals surface area (Å²) in [7, 11) is 0. The highest BCUT2D eigenvalue weighted by atomic mass is 16.1. The summed E-state index contributed by atoms with van der Waals surface area (Å²) in [5.74, 6) is 0.889. The van der Waals surface area contributed by atoms with Crippen LogP contribution in [-0.4, -0.2) is 28.8 Å². The number of amides is 1. The summed E-state index contributed by atoms with van der Waals surface area (Å²) in [6.45, 7) is 3.07. The molecule has 1 aromatic rings. The van der Waals surface area contributed by atoms with Crippen LogP contribution in [0.1, 0.15) is 18.5 Å². The molecule has 0 aromatic carbocycles. The van der Waals surface area contributed by atoms with Crippen LogP contribution in [0.5, 0.6) is 0 Å². The zero-order valence-electron chi connectivity index (χ0n) is 9.85. The van der Waals surface area contributed by atoms with Crippen molar-refractivity contribution in [2.75, 3.05) is 13.1 Å². The molecule has 2 aliphatic rings. The molecule has 0 spiro atoms. The molecule has 0 bridgehead atoms. The Balaban J connectivity index is 1.60. The lowest BCUT2D eigenvalue weighted by Crippen LogP contribution is -2.38. The Kier molecular flexibility index (Phi) is 2.84. The van der Waals surface area contributed by atoms with Crippen molar-refractivity contribution in [3.8, 4) is 0 Å². The van der Waals surface area contributed by atoms with E-state index in [4.69, 9.17) is 0 Å². The van der Waals surface area contributed by atoms with Gasteiger partial charge in [-0.15, -0.1) is 0 Å². The first-order valence-corrected chi connectivity index (χ1v) is 6.32. The van der Waals surface area contributed by atoms with Gasteiger partial charge in [-0.1, -0.05) is 0 Å². The van der Waals surface area contributed by atoms with E-state index in [0.717, 1.165) is 31.2 Å². The number of hydrogen-bond acceptors (Lipinski definition) is 3.